The molecule has 0 aromatic heterocycles. The van der Waals surface area contributed by atoms with E-state index in [0.29, 0.717) is 0 Å². The van der Waals surface area contributed by atoms with Gasteiger partial charge in [-0.3, -0.25) is 0 Å². The lowest BCUT2D eigenvalue weighted by Crippen LogP contribution is -2.20. The molecule has 0 spiro atoms. The lowest BCUT2D eigenvalue weighted by atomic mass is 9.96. The van der Waals surface area contributed by atoms with Gasteiger partial charge in [0.1, 0.15) is 5.75 Å². The van der Waals surface area contributed by atoms with Gasteiger partial charge in [0.15, 0.2) is 0 Å². The van der Waals surface area contributed by atoms with Gasteiger partial charge >= 0.3 is 6.09 Å². The minimum absolute atomic E-state index is 0.136. The van der Waals surface area contributed by atoms with Crippen LogP contribution >= 0.6 is 0 Å². The predicted octanol–water partition coefficient (Wildman–Crippen LogP) is 4.22. The zero-order chi connectivity index (χ0) is 16.1. The summed E-state index contributed by atoms with van der Waals surface area (Å²) in [7, 11) is 0. The minimum Gasteiger partial charge on any atom is -0.491 e. The number of carbonyl (C=O) groups is 1. The fourth-order valence-corrected chi connectivity index (χ4v) is 2.39. The standard InChI is InChI=1S/C18H21NO3/c1-12(2)22-15-8-9-16(13(3)10-15)17-7-5-4-6-14(17)11-19-18(20)21/h4-10,12,19H,11H2,1-3H3,(H,20,21). The second-order valence-electron chi connectivity index (χ2n) is 5.46. The number of nitrogens with one attached hydrogen (secondary N) is 1. The highest BCUT2D eigenvalue weighted by Gasteiger charge is 2.09. The molecule has 1 amide bonds. The number of carboxylic acid groups (broad SMARTS) is 1. The van der Waals surface area contributed by atoms with Crippen LogP contribution in [0.4, 0.5) is 4.79 Å². The fraction of sp³-hybridized carbons (Fsp3) is 0.278. The van der Waals surface area contributed by atoms with E-state index in [1.165, 1.54) is 0 Å². The molecule has 0 fully saturated rings. The first kappa shape index (κ1) is 15.9. The molecule has 22 heavy (non-hydrogen) atoms. The maximum absolute atomic E-state index is 10.7. The van der Waals surface area contributed by atoms with E-state index in [9.17, 15) is 4.79 Å². The molecule has 2 rings (SSSR count). The SMILES string of the molecule is Cc1cc(OC(C)C)ccc1-c1ccccc1CNC(=O)O. The lowest BCUT2D eigenvalue weighted by Gasteiger charge is -2.15. The van der Waals surface area contributed by atoms with Crippen molar-refractivity contribution in [1.82, 2.24) is 5.32 Å². The molecule has 4 nitrogen and oxygen atoms in total. The van der Waals surface area contributed by atoms with E-state index in [1.807, 2.05) is 63.2 Å². The zero-order valence-electron chi connectivity index (χ0n) is 13.1. The number of hydrogen-bond donors (Lipinski definition) is 2. The van der Waals surface area contributed by atoms with Gasteiger partial charge in [0.2, 0.25) is 0 Å². The van der Waals surface area contributed by atoms with Gasteiger partial charge in [-0.05, 0) is 55.2 Å². The van der Waals surface area contributed by atoms with Gasteiger partial charge in [0, 0.05) is 6.54 Å². The van der Waals surface area contributed by atoms with Crippen LogP contribution in [0.3, 0.4) is 0 Å². The fourth-order valence-electron chi connectivity index (χ4n) is 2.39. The van der Waals surface area contributed by atoms with Gasteiger partial charge in [-0.1, -0.05) is 30.3 Å². The molecule has 0 aliphatic carbocycles. The number of amides is 1. The Kier molecular flexibility index (Phi) is 5.04. The summed E-state index contributed by atoms with van der Waals surface area (Å²) in [6.07, 6.45) is -0.885. The molecule has 0 bridgehead atoms. The summed E-state index contributed by atoms with van der Waals surface area (Å²) in [5.41, 5.74) is 4.16. The Bertz CT molecular complexity index is 665. The van der Waals surface area contributed by atoms with E-state index in [-0.39, 0.29) is 12.6 Å². The normalized spacial score (nSPS) is 10.5. The lowest BCUT2D eigenvalue weighted by molar-refractivity contribution is 0.194. The van der Waals surface area contributed by atoms with Crippen molar-refractivity contribution in [3.05, 3.63) is 53.6 Å². The molecule has 116 valence electrons. The van der Waals surface area contributed by atoms with Crippen LogP contribution in [0.5, 0.6) is 5.75 Å². The summed E-state index contributed by atoms with van der Waals surface area (Å²) in [6, 6.07) is 13.8. The molecule has 0 heterocycles. The van der Waals surface area contributed by atoms with Crippen LogP contribution in [0, 0.1) is 6.92 Å². The Morgan fingerprint density at radius 2 is 1.91 bits per heavy atom. The van der Waals surface area contributed by atoms with Crippen molar-refractivity contribution in [3.63, 3.8) is 0 Å². The van der Waals surface area contributed by atoms with Crippen LogP contribution in [0.25, 0.3) is 11.1 Å². The Labute approximate surface area is 130 Å². The van der Waals surface area contributed by atoms with Crippen molar-refractivity contribution < 1.29 is 14.6 Å². The van der Waals surface area contributed by atoms with Crippen LogP contribution in [0.1, 0.15) is 25.0 Å². The van der Waals surface area contributed by atoms with Gasteiger partial charge in [0.25, 0.3) is 0 Å². The first-order valence-corrected chi connectivity index (χ1v) is 7.29. The number of rotatable bonds is 5. The molecule has 0 saturated heterocycles. The van der Waals surface area contributed by atoms with E-state index >= 15 is 0 Å². The Morgan fingerprint density at radius 3 is 2.55 bits per heavy atom. The second-order valence-corrected chi connectivity index (χ2v) is 5.46. The summed E-state index contributed by atoms with van der Waals surface area (Å²) < 4.78 is 5.71. The van der Waals surface area contributed by atoms with Gasteiger partial charge < -0.3 is 15.2 Å². The Balaban J connectivity index is 2.33. The summed E-state index contributed by atoms with van der Waals surface area (Å²) in [5, 5.41) is 11.2. The molecule has 4 heteroatoms. The van der Waals surface area contributed by atoms with Crippen molar-refractivity contribution >= 4 is 6.09 Å². The van der Waals surface area contributed by atoms with Gasteiger partial charge in [-0.2, -0.15) is 0 Å². The van der Waals surface area contributed by atoms with E-state index < -0.39 is 6.09 Å². The summed E-state index contributed by atoms with van der Waals surface area (Å²) in [4.78, 5) is 10.7. The van der Waals surface area contributed by atoms with Crippen LogP contribution < -0.4 is 10.1 Å². The molecule has 0 atom stereocenters. The van der Waals surface area contributed by atoms with Gasteiger partial charge in [0.05, 0.1) is 6.10 Å². The molecule has 0 radical (unpaired) electrons. The van der Waals surface area contributed by atoms with Gasteiger partial charge in [-0.25, -0.2) is 4.79 Å². The molecule has 2 N–H and O–H groups in total. The number of hydrogen-bond acceptors (Lipinski definition) is 2. The third-order valence-corrected chi connectivity index (χ3v) is 3.31. The highest BCUT2D eigenvalue weighted by molar-refractivity contribution is 5.72. The largest absolute Gasteiger partial charge is 0.491 e. The van der Waals surface area contributed by atoms with Gasteiger partial charge in [-0.15, -0.1) is 0 Å². The van der Waals surface area contributed by atoms with E-state index in [1.54, 1.807) is 0 Å². The van der Waals surface area contributed by atoms with Crippen molar-refractivity contribution in [1.29, 1.82) is 0 Å². The molecule has 0 aliphatic rings. The molecular formula is C18H21NO3. The summed E-state index contributed by atoms with van der Waals surface area (Å²) in [6.45, 7) is 6.31. The third-order valence-electron chi connectivity index (χ3n) is 3.31. The maximum Gasteiger partial charge on any atom is 0.404 e. The zero-order valence-corrected chi connectivity index (χ0v) is 13.1. The maximum atomic E-state index is 10.7. The van der Waals surface area contributed by atoms with Crippen LogP contribution in [0.2, 0.25) is 0 Å². The third kappa shape index (κ3) is 4.01. The first-order valence-electron chi connectivity index (χ1n) is 7.29. The molecular weight excluding hydrogens is 278 g/mol. The number of aryl methyl sites for hydroxylation is 1. The molecule has 0 unspecified atom stereocenters. The topological polar surface area (TPSA) is 58.6 Å². The second kappa shape index (κ2) is 6.98. The molecule has 0 aliphatic heterocycles. The van der Waals surface area contributed by atoms with Crippen molar-refractivity contribution in [2.24, 2.45) is 0 Å². The Hall–Kier alpha value is -2.49. The van der Waals surface area contributed by atoms with E-state index in [0.717, 1.165) is 28.0 Å². The summed E-state index contributed by atoms with van der Waals surface area (Å²) >= 11 is 0. The summed E-state index contributed by atoms with van der Waals surface area (Å²) in [5.74, 6) is 0.845. The Morgan fingerprint density at radius 1 is 1.18 bits per heavy atom. The predicted molar refractivity (Wildman–Crippen MR) is 87.2 cm³/mol. The smallest absolute Gasteiger partial charge is 0.404 e. The quantitative estimate of drug-likeness (QED) is 0.869. The number of benzene rings is 2. The molecule has 2 aromatic carbocycles. The van der Waals surface area contributed by atoms with Crippen LogP contribution in [-0.2, 0) is 6.54 Å². The van der Waals surface area contributed by atoms with Crippen molar-refractivity contribution in [3.8, 4) is 16.9 Å². The average Bonchev–Trinajstić information content (AvgIpc) is 2.45. The monoisotopic (exact) mass is 299 g/mol. The first-order chi connectivity index (χ1) is 10.5. The molecule has 2 aromatic rings. The minimum atomic E-state index is -1.02. The van der Waals surface area contributed by atoms with E-state index in [2.05, 4.69) is 5.32 Å². The highest BCUT2D eigenvalue weighted by Crippen LogP contribution is 2.29. The highest BCUT2D eigenvalue weighted by atomic mass is 16.5. The van der Waals surface area contributed by atoms with E-state index in [4.69, 9.17) is 9.84 Å². The molecule has 0 saturated carbocycles. The number of ether oxygens (including phenoxy) is 1. The average molecular weight is 299 g/mol. The van der Waals surface area contributed by atoms with Crippen molar-refractivity contribution in [2.75, 3.05) is 0 Å². The van der Waals surface area contributed by atoms with Crippen LogP contribution in [0.15, 0.2) is 42.5 Å². The van der Waals surface area contributed by atoms with Crippen molar-refractivity contribution in [2.45, 2.75) is 33.4 Å². The van der Waals surface area contributed by atoms with Crippen LogP contribution in [-0.4, -0.2) is 17.3 Å².